The summed E-state index contributed by atoms with van der Waals surface area (Å²) in [6.45, 7) is 6.07. The Balaban J connectivity index is 1.84. The molecular formula is C20H19N2O2S+. The van der Waals surface area contributed by atoms with Gasteiger partial charge in [0.2, 0.25) is 5.52 Å². The minimum Gasteiger partial charge on any atom is -0.422 e. The summed E-state index contributed by atoms with van der Waals surface area (Å²) in [5.74, 6) is 0. The number of hydrogen-bond donors (Lipinski definition) is 0. The van der Waals surface area contributed by atoms with Crippen molar-refractivity contribution in [2.24, 2.45) is 0 Å². The van der Waals surface area contributed by atoms with Crippen LogP contribution in [0, 0.1) is 0 Å². The molecule has 0 fully saturated rings. The van der Waals surface area contributed by atoms with Crippen molar-refractivity contribution in [2.45, 2.75) is 13.8 Å². The Labute approximate surface area is 149 Å². The maximum absolute atomic E-state index is 12.5. The normalized spacial score (nSPS) is 11.3. The number of nitrogens with one attached hydrogen (secondary N) is 1. The first-order valence-electron chi connectivity index (χ1n) is 8.43. The van der Waals surface area contributed by atoms with Crippen LogP contribution < -0.4 is 15.5 Å². The van der Waals surface area contributed by atoms with Crippen molar-refractivity contribution in [3.8, 4) is 10.6 Å². The minimum absolute atomic E-state index is 0.313. The average molecular weight is 351 g/mol. The molecule has 2 aromatic carbocycles. The molecule has 0 spiro atoms. The van der Waals surface area contributed by atoms with E-state index in [9.17, 15) is 4.79 Å². The summed E-state index contributed by atoms with van der Waals surface area (Å²) in [5, 5.41) is 1.75. The first kappa shape index (κ1) is 15.8. The van der Waals surface area contributed by atoms with E-state index >= 15 is 0 Å². The molecule has 0 aliphatic carbocycles. The van der Waals surface area contributed by atoms with Gasteiger partial charge in [-0.15, -0.1) is 0 Å². The third kappa shape index (κ3) is 2.81. The number of thiazole rings is 1. The number of para-hydroxylation sites is 1. The molecule has 1 N–H and O–H groups in total. The lowest BCUT2D eigenvalue weighted by Gasteiger charge is -2.20. The highest BCUT2D eigenvalue weighted by atomic mass is 32.1. The van der Waals surface area contributed by atoms with Gasteiger partial charge in [0.15, 0.2) is 0 Å². The van der Waals surface area contributed by atoms with Crippen LogP contribution in [0.4, 0.5) is 5.69 Å². The molecule has 25 heavy (non-hydrogen) atoms. The first-order valence-corrected chi connectivity index (χ1v) is 9.25. The van der Waals surface area contributed by atoms with E-state index in [-0.39, 0.29) is 5.63 Å². The zero-order valence-electron chi connectivity index (χ0n) is 14.2. The van der Waals surface area contributed by atoms with Crippen LogP contribution in [0.1, 0.15) is 13.8 Å². The van der Waals surface area contributed by atoms with E-state index in [0.29, 0.717) is 11.1 Å². The number of H-pyrrole nitrogens is 1. The molecule has 5 heteroatoms. The molecule has 0 aliphatic rings. The van der Waals surface area contributed by atoms with Gasteiger partial charge in [-0.2, -0.15) is 4.98 Å². The van der Waals surface area contributed by atoms with Gasteiger partial charge in [-0.1, -0.05) is 23.5 Å². The summed E-state index contributed by atoms with van der Waals surface area (Å²) in [6, 6.07) is 16.0. The van der Waals surface area contributed by atoms with Crippen molar-refractivity contribution in [1.29, 1.82) is 0 Å². The number of fused-ring (bicyclic) bond motifs is 2. The van der Waals surface area contributed by atoms with E-state index in [2.05, 4.69) is 29.8 Å². The predicted octanol–water partition coefficient (Wildman–Crippen LogP) is 4.34. The van der Waals surface area contributed by atoms with Crippen LogP contribution in [0.5, 0.6) is 0 Å². The minimum atomic E-state index is -0.313. The molecule has 2 aromatic heterocycles. The summed E-state index contributed by atoms with van der Waals surface area (Å²) in [7, 11) is 0. The Morgan fingerprint density at radius 1 is 1.08 bits per heavy atom. The monoisotopic (exact) mass is 351 g/mol. The van der Waals surface area contributed by atoms with Gasteiger partial charge in [0.05, 0.1) is 0 Å². The fourth-order valence-corrected chi connectivity index (χ4v) is 4.09. The number of aromatic nitrogens is 1. The third-order valence-corrected chi connectivity index (χ3v) is 5.54. The lowest BCUT2D eigenvalue weighted by atomic mass is 10.1. The molecule has 0 aliphatic heterocycles. The zero-order valence-corrected chi connectivity index (χ0v) is 15.0. The van der Waals surface area contributed by atoms with Gasteiger partial charge in [0, 0.05) is 36.3 Å². The Kier molecular flexibility index (Phi) is 4.01. The average Bonchev–Trinajstić information content (AvgIpc) is 3.06. The summed E-state index contributed by atoms with van der Waals surface area (Å²) in [4.78, 5) is 18.1. The lowest BCUT2D eigenvalue weighted by Crippen LogP contribution is -2.21. The third-order valence-electron chi connectivity index (χ3n) is 4.44. The molecule has 0 unspecified atom stereocenters. The van der Waals surface area contributed by atoms with Crippen LogP contribution in [0.25, 0.3) is 31.8 Å². The number of benzene rings is 2. The molecule has 0 saturated carbocycles. The Hall–Kier alpha value is -2.66. The molecule has 126 valence electrons. The van der Waals surface area contributed by atoms with E-state index in [1.807, 2.05) is 42.5 Å². The van der Waals surface area contributed by atoms with Gasteiger partial charge in [0.25, 0.3) is 5.01 Å². The maximum Gasteiger partial charge on any atom is 0.351 e. The molecule has 4 aromatic rings. The molecule has 0 radical (unpaired) electrons. The van der Waals surface area contributed by atoms with Crippen LogP contribution in [-0.2, 0) is 0 Å². The predicted molar refractivity (Wildman–Crippen MR) is 103 cm³/mol. The first-order chi connectivity index (χ1) is 12.2. The van der Waals surface area contributed by atoms with Crippen LogP contribution in [0.3, 0.4) is 0 Å². The zero-order chi connectivity index (χ0) is 17.4. The van der Waals surface area contributed by atoms with Crippen molar-refractivity contribution < 1.29 is 9.40 Å². The van der Waals surface area contributed by atoms with Gasteiger partial charge in [-0.3, -0.25) is 0 Å². The van der Waals surface area contributed by atoms with Crippen molar-refractivity contribution in [1.82, 2.24) is 0 Å². The van der Waals surface area contributed by atoms with Crippen LogP contribution in [-0.4, -0.2) is 13.1 Å². The van der Waals surface area contributed by atoms with Gasteiger partial charge in [-0.05, 0) is 38.1 Å². The molecule has 0 bridgehead atoms. The summed E-state index contributed by atoms with van der Waals surface area (Å²) >= 11 is 1.56. The highest BCUT2D eigenvalue weighted by molar-refractivity contribution is 7.21. The second kappa shape index (κ2) is 6.33. The standard InChI is InChI=1S/C20H18N2O2S/c1-3-22(4-2)14-10-9-13-11-15(20(23)24-17(13)12-14)19-21-16-7-5-6-8-18(16)25-19/h5-12H,3-4H2,1-2H3/p+1. The molecule has 4 rings (SSSR count). The SMILES string of the molecule is CCN(CC)c1ccc2cc(-c3[nH+]c4ccccc4s3)c(=O)oc2c1. The van der Waals surface area contributed by atoms with E-state index in [4.69, 9.17) is 4.42 Å². The fraction of sp³-hybridized carbons (Fsp3) is 0.200. The Morgan fingerprint density at radius 3 is 2.64 bits per heavy atom. The topological polar surface area (TPSA) is 47.6 Å². The summed E-state index contributed by atoms with van der Waals surface area (Å²) in [5.41, 5.74) is 2.98. The van der Waals surface area contributed by atoms with Gasteiger partial charge < -0.3 is 9.32 Å². The molecule has 4 nitrogen and oxygen atoms in total. The second-order valence-electron chi connectivity index (χ2n) is 5.89. The molecule has 2 heterocycles. The highest BCUT2D eigenvalue weighted by Gasteiger charge is 2.18. The van der Waals surface area contributed by atoms with Crippen LogP contribution in [0.15, 0.2) is 57.7 Å². The van der Waals surface area contributed by atoms with Gasteiger partial charge in [0.1, 0.15) is 15.8 Å². The summed E-state index contributed by atoms with van der Waals surface area (Å²) in [6.07, 6.45) is 0. The summed E-state index contributed by atoms with van der Waals surface area (Å²) < 4.78 is 6.75. The van der Waals surface area contributed by atoms with E-state index < -0.39 is 0 Å². The molecule has 0 amide bonds. The number of anilines is 1. The van der Waals surface area contributed by atoms with Crippen molar-refractivity contribution in [3.05, 3.63) is 59.0 Å². The highest BCUT2D eigenvalue weighted by Crippen LogP contribution is 2.28. The van der Waals surface area contributed by atoms with Crippen LogP contribution in [0.2, 0.25) is 0 Å². The molecule has 0 saturated heterocycles. The lowest BCUT2D eigenvalue weighted by molar-refractivity contribution is -0.325. The maximum atomic E-state index is 12.5. The quantitative estimate of drug-likeness (QED) is 0.514. The van der Waals surface area contributed by atoms with Crippen LogP contribution >= 0.6 is 11.3 Å². The number of rotatable bonds is 4. The van der Waals surface area contributed by atoms with E-state index in [1.54, 1.807) is 11.3 Å². The van der Waals surface area contributed by atoms with E-state index in [1.165, 1.54) is 0 Å². The van der Waals surface area contributed by atoms with E-state index in [0.717, 1.165) is 39.4 Å². The number of hydrogen-bond acceptors (Lipinski definition) is 4. The fourth-order valence-electron chi connectivity index (χ4n) is 3.08. The molecular weight excluding hydrogens is 332 g/mol. The largest absolute Gasteiger partial charge is 0.422 e. The Morgan fingerprint density at radius 2 is 1.88 bits per heavy atom. The smallest absolute Gasteiger partial charge is 0.351 e. The number of aromatic amines is 1. The second-order valence-corrected chi connectivity index (χ2v) is 6.95. The van der Waals surface area contributed by atoms with Crippen molar-refractivity contribution in [2.75, 3.05) is 18.0 Å². The van der Waals surface area contributed by atoms with Crippen molar-refractivity contribution >= 4 is 38.2 Å². The van der Waals surface area contributed by atoms with Crippen molar-refractivity contribution in [3.63, 3.8) is 0 Å². The van der Waals surface area contributed by atoms with Gasteiger partial charge >= 0.3 is 5.63 Å². The van der Waals surface area contributed by atoms with Gasteiger partial charge in [-0.25, -0.2) is 4.79 Å². The Bertz CT molecular complexity index is 1080. The molecule has 0 atom stereocenters. The number of nitrogens with zero attached hydrogens (tertiary/aromatic N) is 1.